The summed E-state index contributed by atoms with van der Waals surface area (Å²) in [4.78, 5) is 26.3. The van der Waals surface area contributed by atoms with Crippen LogP contribution in [0.25, 0.3) is 0 Å². The highest BCUT2D eigenvalue weighted by Crippen LogP contribution is 2.21. The molecule has 1 aliphatic rings. The van der Waals surface area contributed by atoms with Crippen molar-refractivity contribution in [3.05, 3.63) is 71.8 Å². The summed E-state index contributed by atoms with van der Waals surface area (Å²) in [5.41, 5.74) is 2.09. The van der Waals surface area contributed by atoms with Crippen LogP contribution in [0.1, 0.15) is 24.0 Å². The summed E-state index contributed by atoms with van der Waals surface area (Å²) in [5, 5.41) is 3.48. The number of carbonyl (C=O) groups excluding carboxylic acids is 2. The molecular weight excluding hydrogens is 356 g/mol. The number of ether oxygens (including phenoxy) is 2. The zero-order chi connectivity index (χ0) is 19.8. The summed E-state index contributed by atoms with van der Waals surface area (Å²) in [6, 6.07) is 19.1. The Bertz CT molecular complexity index is 767. The van der Waals surface area contributed by atoms with Crippen molar-refractivity contribution in [3.63, 3.8) is 0 Å². The predicted molar refractivity (Wildman–Crippen MR) is 105 cm³/mol. The Labute approximate surface area is 165 Å². The molecule has 0 aliphatic carbocycles. The highest BCUT2D eigenvalue weighted by molar-refractivity contribution is 5.81. The molecule has 2 aromatic carbocycles. The number of nitrogens with zero attached hydrogens (tertiary/aromatic N) is 1. The van der Waals surface area contributed by atoms with Gasteiger partial charge in [-0.25, -0.2) is 9.59 Å². The van der Waals surface area contributed by atoms with Gasteiger partial charge >= 0.3 is 12.1 Å². The number of piperidine rings is 1. The van der Waals surface area contributed by atoms with Gasteiger partial charge in [0.25, 0.3) is 0 Å². The highest BCUT2D eigenvalue weighted by atomic mass is 16.6. The van der Waals surface area contributed by atoms with Crippen molar-refractivity contribution in [2.45, 2.75) is 38.1 Å². The molecule has 2 unspecified atom stereocenters. The summed E-state index contributed by atoms with van der Waals surface area (Å²) in [5.74, 6) is -0.414. The summed E-state index contributed by atoms with van der Waals surface area (Å²) in [7, 11) is 1.34. The van der Waals surface area contributed by atoms with Gasteiger partial charge in [0.1, 0.15) is 12.6 Å². The summed E-state index contributed by atoms with van der Waals surface area (Å²) < 4.78 is 10.3. The number of benzene rings is 2. The number of carbonyl (C=O) groups is 2. The first-order chi connectivity index (χ1) is 13.7. The highest BCUT2D eigenvalue weighted by Gasteiger charge is 2.37. The Hall–Kier alpha value is -2.86. The zero-order valence-corrected chi connectivity index (χ0v) is 16.0. The molecule has 0 spiro atoms. The van der Waals surface area contributed by atoms with Crippen LogP contribution in [-0.4, -0.2) is 42.7 Å². The van der Waals surface area contributed by atoms with Crippen LogP contribution in [0.3, 0.4) is 0 Å². The molecule has 28 heavy (non-hydrogen) atoms. The lowest BCUT2D eigenvalue weighted by atomic mass is 9.97. The van der Waals surface area contributed by atoms with E-state index in [0.717, 1.165) is 18.5 Å². The van der Waals surface area contributed by atoms with E-state index in [2.05, 4.69) is 17.4 Å². The van der Waals surface area contributed by atoms with Crippen molar-refractivity contribution in [2.24, 2.45) is 0 Å². The molecule has 1 saturated heterocycles. The third-order valence-electron chi connectivity index (χ3n) is 4.95. The number of likely N-dealkylation sites (tertiary alicyclic amines) is 1. The lowest BCUT2D eigenvalue weighted by Gasteiger charge is -2.37. The zero-order valence-electron chi connectivity index (χ0n) is 16.0. The van der Waals surface area contributed by atoms with Gasteiger partial charge < -0.3 is 14.8 Å². The van der Waals surface area contributed by atoms with E-state index in [1.165, 1.54) is 17.6 Å². The molecule has 148 valence electrons. The number of rotatable bonds is 6. The third kappa shape index (κ3) is 5.33. The summed E-state index contributed by atoms with van der Waals surface area (Å²) in [6.07, 6.45) is 0.765. The lowest BCUT2D eigenvalue weighted by Crippen LogP contribution is -2.54. The minimum Gasteiger partial charge on any atom is -0.467 e. The van der Waals surface area contributed by atoms with Crippen LogP contribution in [0.15, 0.2) is 60.7 Å². The topological polar surface area (TPSA) is 67.9 Å². The Morgan fingerprint density at radius 2 is 1.68 bits per heavy atom. The molecule has 0 saturated carbocycles. The fourth-order valence-electron chi connectivity index (χ4n) is 3.39. The number of nitrogens with one attached hydrogen (secondary N) is 1. The monoisotopic (exact) mass is 382 g/mol. The Kier molecular flexibility index (Phi) is 7.03. The normalized spacial score (nSPS) is 19.1. The first-order valence-corrected chi connectivity index (χ1v) is 9.50. The van der Waals surface area contributed by atoms with Gasteiger partial charge in [-0.2, -0.15) is 0 Å². The van der Waals surface area contributed by atoms with Crippen LogP contribution in [0, 0.1) is 0 Å². The van der Waals surface area contributed by atoms with E-state index < -0.39 is 18.1 Å². The molecule has 3 rings (SSSR count). The second kappa shape index (κ2) is 9.90. The first-order valence-electron chi connectivity index (χ1n) is 9.50. The summed E-state index contributed by atoms with van der Waals surface area (Å²) >= 11 is 0. The van der Waals surface area contributed by atoms with Crippen molar-refractivity contribution in [1.82, 2.24) is 10.2 Å². The largest absolute Gasteiger partial charge is 0.467 e. The summed E-state index contributed by atoms with van der Waals surface area (Å²) in [6.45, 7) is 1.34. The molecule has 1 N–H and O–H groups in total. The molecular formula is C22H26N2O4. The van der Waals surface area contributed by atoms with Crippen LogP contribution < -0.4 is 5.32 Å². The Morgan fingerprint density at radius 1 is 1.04 bits per heavy atom. The minimum absolute atomic E-state index is 0.127. The number of hydrogen-bond acceptors (Lipinski definition) is 5. The van der Waals surface area contributed by atoms with Gasteiger partial charge in [-0.1, -0.05) is 60.7 Å². The van der Waals surface area contributed by atoms with Gasteiger partial charge in [-0.3, -0.25) is 4.90 Å². The second-order valence-corrected chi connectivity index (χ2v) is 6.86. The van der Waals surface area contributed by atoms with Crippen molar-refractivity contribution in [2.75, 3.05) is 13.7 Å². The molecule has 1 amide bonds. The van der Waals surface area contributed by atoms with Crippen molar-refractivity contribution in [3.8, 4) is 0 Å². The van der Waals surface area contributed by atoms with Crippen molar-refractivity contribution >= 4 is 12.1 Å². The number of methoxy groups -OCH3 is 1. The maximum atomic E-state index is 12.6. The maximum absolute atomic E-state index is 12.6. The van der Waals surface area contributed by atoms with Crippen LogP contribution >= 0.6 is 0 Å². The molecule has 0 aromatic heterocycles. The molecule has 1 heterocycles. The predicted octanol–water partition coefficient (Wildman–Crippen LogP) is 3.12. The molecule has 2 aromatic rings. The van der Waals surface area contributed by atoms with E-state index in [1.807, 2.05) is 48.5 Å². The molecule has 6 nitrogen and oxygen atoms in total. The quantitative estimate of drug-likeness (QED) is 0.778. The smallest absolute Gasteiger partial charge is 0.410 e. The molecule has 2 atom stereocenters. The number of esters is 1. The van der Waals surface area contributed by atoms with Crippen molar-refractivity contribution < 1.29 is 19.1 Å². The van der Waals surface area contributed by atoms with Crippen LogP contribution in [0.5, 0.6) is 0 Å². The Morgan fingerprint density at radius 3 is 2.32 bits per heavy atom. The second-order valence-electron chi connectivity index (χ2n) is 6.86. The molecule has 6 heteroatoms. The van der Waals surface area contributed by atoms with E-state index in [0.29, 0.717) is 13.0 Å². The third-order valence-corrected chi connectivity index (χ3v) is 4.95. The van der Waals surface area contributed by atoms with E-state index in [9.17, 15) is 9.59 Å². The van der Waals surface area contributed by atoms with Crippen LogP contribution in [-0.2, 0) is 27.4 Å². The van der Waals surface area contributed by atoms with Crippen LogP contribution in [0.4, 0.5) is 4.79 Å². The van der Waals surface area contributed by atoms with Crippen LogP contribution in [0.2, 0.25) is 0 Å². The van der Waals surface area contributed by atoms with Crippen molar-refractivity contribution in [1.29, 1.82) is 0 Å². The average molecular weight is 382 g/mol. The maximum Gasteiger partial charge on any atom is 0.410 e. The van der Waals surface area contributed by atoms with Gasteiger partial charge in [0.15, 0.2) is 0 Å². The van der Waals surface area contributed by atoms with Gasteiger partial charge in [0.05, 0.1) is 7.11 Å². The minimum atomic E-state index is -0.643. The average Bonchev–Trinajstić information content (AvgIpc) is 2.76. The van der Waals surface area contributed by atoms with E-state index in [-0.39, 0.29) is 12.6 Å². The van der Waals surface area contributed by atoms with E-state index >= 15 is 0 Å². The van der Waals surface area contributed by atoms with E-state index in [4.69, 9.17) is 9.47 Å². The fraction of sp³-hybridized carbons (Fsp3) is 0.364. The fourth-order valence-corrected chi connectivity index (χ4v) is 3.39. The number of amides is 1. The van der Waals surface area contributed by atoms with Gasteiger partial charge in [-0.15, -0.1) is 0 Å². The molecule has 1 fully saturated rings. The SMILES string of the molecule is COC(=O)C1CC(NCc2ccccc2)CCN1C(=O)OCc1ccccc1. The number of hydrogen-bond donors (Lipinski definition) is 1. The first kappa shape index (κ1) is 19.9. The standard InChI is InChI=1S/C22H26N2O4/c1-27-21(25)20-14-19(23-15-17-8-4-2-5-9-17)12-13-24(20)22(26)28-16-18-10-6-3-7-11-18/h2-11,19-20,23H,12-16H2,1H3. The lowest BCUT2D eigenvalue weighted by molar-refractivity contribution is -0.148. The molecule has 0 bridgehead atoms. The van der Waals surface area contributed by atoms with Gasteiger partial charge in [0.2, 0.25) is 0 Å². The molecule has 0 radical (unpaired) electrons. The van der Waals surface area contributed by atoms with Gasteiger partial charge in [0, 0.05) is 19.1 Å². The van der Waals surface area contributed by atoms with Gasteiger partial charge in [-0.05, 0) is 24.0 Å². The van der Waals surface area contributed by atoms with E-state index in [1.54, 1.807) is 0 Å². The molecule has 1 aliphatic heterocycles. The Balaban J connectivity index is 1.57.